The molecule has 0 spiro atoms. The van der Waals surface area contributed by atoms with Crippen LogP contribution in [0.4, 0.5) is 0 Å². The van der Waals surface area contributed by atoms with Gasteiger partial charge in [-0.25, -0.2) is 13.2 Å². The van der Waals surface area contributed by atoms with Crippen LogP contribution < -0.4 is 5.32 Å². The minimum Gasteiger partial charge on any atom is -0.478 e. The molecule has 9 atom stereocenters. The number of nitrogens with one attached hydrogen (secondary N) is 1. The second-order valence-corrected chi connectivity index (χ2v) is 22.2. The van der Waals surface area contributed by atoms with E-state index in [1.165, 1.54) is 31.3 Å². The molecule has 2 N–H and O–H groups in total. The van der Waals surface area contributed by atoms with Crippen LogP contribution in [0.25, 0.3) is 5.57 Å². The van der Waals surface area contributed by atoms with Crippen molar-refractivity contribution in [3.63, 3.8) is 0 Å². The van der Waals surface area contributed by atoms with E-state index >= 15 is 0 Å². The van der Waals surface area contributed by atoms with Gasteiger partial charge in [0.15, 0.2) is 9.84 Å². The fourth-order valence-electron chi connectivity index (χ4n) is 14.7. The topological polar surface area (TPSA) is 104 Å². The summed E-state index contributed by atoms with van der Waals surface area (Å²) < 4.78 is 24.8. The van der Waals surface area contributed by atoms with Crippen molar-refractivity contribution in [2.24, 2.45) is 44.8 Å². The summed E-state index contributed by atoms with van der Waals surface area (Å²) in [6, 6.07) is 17.0. The van der Waals surface area contributed by atoms with Gasteiger partial charge in [-0.05, 0) is 131 Å². The minimum atomic E-state index is -3.08. The highest BCUT2D eigenvalue weighted by molar-refractivity contribution is 7.91. The monoisotopic (exact) mass is 754 g/mol. The zero-order valence-corrected chi connectivity index (χ0v) is 34.2. The summed E-state index contributed by atoms with van der Waals surface area (Å²) in [5.74, 6) is 0.874. The lowest BCUT2D eigenvalue weighted by atomic mass is 9.30. The van der Waals surface area contributed by atoms with Gasteiger partial charge in [0.25, 0.3) is 0 Å². The molecule has 1 amide bonds. The first kappa shape index (κ1) is 37.9. The van der Waals surface area contributed by atoms with Crippen LogP contribution in [0.5, 0.6) is 0 Å². The average Bonchev–Trinajstić information content (AvgIpc) is 3.55. The number of allylic oxidation sites excluding steroid dienone is 2. The molecule has 54 heavy (non-hydrogen) atoms. The number of carboxylic acids is 1. The van der Waals surface area contributed by atoms with Gasteiger partial charge in [-0.2, -0.15) is 0 Å². The van der Waals surface area contributed by atoms with Crippen molar-refractivity contribution in [2.75, 3.05) is 24.6 Å². The Hall–Kier alpha value is -2.97. The standard InChI is InChI=1S/C46H62N2O5S/c1-41(2)34(31-14-16-33(17-15-31)40(50)51)18-22-42(3)35(41)19-23-43(4)36(42)20-24-44(5)37-13-10-21-46(37,26-25-45(43,44)6)47-39(49)38(32-11-8-7-9-12-32)48-27-29-54(52,53)30-28-48/h7-9,11-12,14-18,35-38H,10,13,19-30H2,1-6H3,(H,47,49)(H,50,51)/t35?,36?,37?,38?,42-,43+,44+,45-,46-/m0/s1. The predicted octanol–water partition coefficient (Wildman–Crippen LogP) is 8.96. The smallest absolute Gasteiger partial charge is 0.335 e. The van der Waals surface area contributed by atoms with Gasteiger partial charge in [-0.1, -0.05) is 96.5 Å². The first-order valence-corrected chi connectivity index (χ1v) is 22.6. The molecular weight excluding hydrogens is 693 g/mol. The van der Waals surface area contributed by atoms with E-state index in [1.54, 1.807) is 12.1 Å². The van der Waals surface area contributed by atoms with E-state index in [-0.39, 0.29) is 50.0 Å². The highest BCUT2D eigenvalue weighted by atomic mass is 32.2. The second-order valence-electron chi connectivity index (χ2n) is 19.9. The molecule has 4 saturated carbocycles. The Bertz CT molecular complexity index is 1950. The number of aromatic carboxylic acids is 1. The van der Waals surface area contributed by atoms with Gasteiger partial charge in [0.2, 0.25) is 5.91 Å². The van der Waals surface area contributed by atoms with Crippen molar-refractivity contribution >= 4 is 27.3 Å². The third-order valence-electron chi connectivity index (χ3n) is 17.6. The van der Waals surface area contributed by atoms with Gasteiger partial charge in [0.05, 0.1) is 17.1 Å². The number of nitrogens with zero attached hydrogens (tertiary/aromatic N) is 1. The largest absolute Gasteiger partial charge is 0.478 e. The molecular formula is C46H62N2O5S. The predicted molar refractivity (Wildman–Crippen MR) is 215 cm³/mol. The van der Waals surface area contributed by atoms with Crippen molar-refractivity contribution in [2.45, 2.75) is 117 Å². The average molecular weight is 755 g/mol. The summed E-state index contributed by atoms with van der Waals surface area (Å²) >= 11 is 0. The first-order valence-electron chi connectivity index (χ1n) is 20.8. The Balaban J connectivity index is 1.08. The van der Waals surface area contributed by atoms with Crippen LogP contribution in [0, 0.1) is 44.8 Å². The normalized spacial score (nSPS) is 40.2. The van der Waals surface area contributed by atoms with Crippen LogP contribution in [-0.2, 0) is 14.6 Å². The van der Waals surface area contributed by atoms with E-state index < -0.39 is 21.8 Å². The molecule has 8 rings (SSSR count). The summed E-state index contributed by atoms with van der Waals surface area (Å²) in [5.41, 5.74) is 4.04. The Morgan fingerprint density at radius 1 is 0.778 bits per heavy atom. The summed E-state index contributed by atoms with van der Waals surface area (Å²) in [7, 11) is -3.08. The Kier molecular flexibility index (Phi) is 8.97. The van der Waals surface area contributed by atoms with Gasteiger partial charge in [-0.3, -0.25) is 9.69 Å². The maximum atomic E-state index is 14.7. The number of carbonyl (C=O) groups is 2. The number of benzene rings is 2. The minimum absolute atomic E-state index is 0.0357. The third kappa shape index (κ3) is 5.45. The zero-order chi connectivity index (χ0) is 38.5. The Morgan fingerprint density at radius 3 is 2.06 bits per heavy atom. The van der Waals surface area contributed by atoms with Gasteiger partial charge in [-0.15, -0.1) is 0 Å². The van der Waals surface area contributed by atoms with Gasteiger partial charge < -0.3 is 10.4 Å². The molecule has 0 radical (unpaired) electrons. The SMILES string of the molecule is CC1(C)C(c2ccc(C(=O)O)cc2)=CC[C@@]2(C)C1CC[C@]1(C)C2CC[C@]2(C)C3CCC[C@]3(NC(=O)C(c3ccccc3)N3CCS(=O)(=O)CC3)CC[C@]21C. The van der Waals surface area contributed by atoms with E-state index in [9.17, 15) is 23.1 Å². The molecule has 1 heterocycles. The van der Waals surface area contributed by atoms with Crippen molar-refractivity contribution in [3.05, 3.63) is 77.4 Å². The quantitative estimate of drug-likeness (QED) is 0.305. The highest BCUT2D eigenvalue weighted by Gasteiger charge is 2.73. The van der Waals surface area contributed by atoms with E-state index in [0.717, 1.165) is 49.7 Å². The van der Waals surface area contributed by atoms with Crippen molar-refractivity contribution < 1.29 is 23.1 Å². The van der Waals surface area contributed by atoms with Crippen molar-refractivity contribution in [3.8, 4) is 0 Å². The van der Waals surface area contributed by atoms with Crippen LogP contribution in [0.2, 0.25) is 0 Å². The highest BCUT2D eigenvalue weighted by Crippen LogP contribution is 2.79. The van der Waals surface area contributed by atoms with E-state index in [0.29, 0.717) is 36.4 Å². The number of amides is 1. The van der Waals surface area contributed by atoms with Gasteiger partial charge in [0, 0.05) is 18.6 Å². The molecule has 8 heteroatoms. The number of hydrogen-bond donors (Lipinski definition) is 2. The lowest BCUT2D eigenvalue weighted by molar-refractivity contribution is -0.252. The third-order valence-corrected chi connectivity index (χ3v) is 19.3. The van der Waals surface area contributed by atoms with E-state index in [4.69, 9.17) is 0 Å². The molecule has 0 bridgehead atoms. The number of fused-ring (bicyclic) bond motifs is 7. The molecule has 292 valence electrons. The second kappa shape index (κ2) is 12.8. The first-order chi connectivity index (χ1) is 25.4. The van der Waals surface area contributed by atoms with Gasteiger partial charge in [0.1, 0.15) is 6.04 Å². The van der Waals surface area contributed by atoms with Crippen molar-refractivity contribution in [1.29, 1.82) is 0 Å². The summed E-state index contributed by atoms with van der Waals surface area (Å²) in [4.78, 5) is 28.4. The molecule has 2 aromatic carbocycles. The molecule has 6 aliphatic rings. The summed E-state index contributed by atoms with van der Waals surface area (Å²) in [6.45, 7) is 16.1. The molecule has 2 aromatic rings. The molecule has 5 fully saturated rings. The van der Waals surface area contributed by atoms with Crippen molar-refractivity contribution in [1.82, 2.24) is 10.2 Å². The maximum Gasteiger partial charge on any atom is 0.335 e. The fourth-order valence-corrected chi connectivity index (χ4v) is 15.9. The molecule has 1 aliphatic heterocycles. The number of sulfone groups is 1. The van der Waals surface area contributed by atoms with Crippen LogP contribution >= 0.6 is 0 Å². The maximum absolute atomic E-state index is 14.7. The molecule has 0 aromatic heterocycles. The molecule has 7 nitrogen and oxygen atoms in total. The summed E-state index contributed by atoms with van der Waals surface area (Å²) in [5, 5.41) is 13.3. The number of carboxylic acid groups (broad SMARTS) is 1. The molecule has 1 saturated heterocycles. The Labute approximate surface area is 323 Å². The van der Waals surface area contributed by atoms with E-state index in [2.05, 4.69) is 57.8 Å². The number of rotatable bonds is 6. The lowest BCUT2D eigenvalue weighted by Crippen LogP contribution is -2.71. The van der Waals surface area contributed by atoms with Crippen LogP contribution in [0.1, 0.15) is 133 Å². The van der Waals surface area contributed by atoms with E-state index in [1.807, 2.05) is 42.5 Å². The van der Waals surface area contributed by atoms with Crippen LogP contribution in [0.3, 0.4) is 0 Å². The number of hydrogen-bond acceptors (Lipinski definition) is 5. The fraction of sp³-hybridized carbons (Fsp3) is 0.652. The number of carbonyl (C=O) groups excluding carboxylic acids is 1. The molecule has 4 unspecified atom stereocenters. The van der Waals surface area contributed by atoms with Crippen LogP contribution in [0.15, 0.2) is 60.7 Å². The van der Waals surface area contributed by atoms with Gasteiger partial charge >= 0.3 is 5.97 Å². The van der Waals surface area contributed by atoms with Crippen LogP contribution in [-0.4, -0.2) is 60.4 Å². The molecule has 5 aliphatic carbocycles. The Morgan fingerprint density at radius 2 is 1.41 bits per heavy atom. The lowest BCUT2D eigenvalue weighted by Gasteiger charge is -2.75. The summed E-state index contributed by atoms with van der Waals surface area (Å²) in [6.07, 6.45) is 13.7. The zero-order valence-electron chi connectivity index (χ0n) is 33.4.